The number of benzene rings is 2. The topological polar surface area (TPSA) is 85.3 Å². The van der Waals surface area contributed by atoms with E-state index in [1.54, 1.807) is 48.5 Å². The third-order valence-electron chi connectivity index (χ3n) is 3.38. The maximum Gasteiger partial charge on any atom is 0.291 e. The Morgan fingerprint density at radius 1 is 1.00 bits per heavy atom. The van der Waals surface area contributed by atoms with Crippen LogP contribution in [0, 0.1) is 0 Å². The minimum Gasteiger partial charge on any atom is -0.451 e. The highest BCUT2D eigenvalue weighted by Gasteiger charge is 2.15. The van der Waals surface area contributed by atoms with Crippen molar-refractivity contribution in [3.63, 3.8) is 0 Å². The number of anilines is 1. The molecule has 0 atom stereocenters. The summed E-state index contributed by atoms with van der Waals surface area (Å²) < 4.78 is 5.57. The van der Waals surface area contributed by atoms with Crippen molar-refractivity contribution in [1.82, 2.24) is 0 Å². The van der Waals surface area contributed by atoms with Gasteiger partial charge in [0.2, 0.25) is 0 Å². The zero-order valence-electron chi connectivity index (χ0n) is 12.5. The minimum atomic E-state index is -0.620. The van der Waals surface area contributed by atoms with E-state index < -0.39 is 11.8 Å². The zero-order chi connectivity index (χ0) is 17.1. The van der Waals surface area contributed by atoms with E-state index in [0.29, 0.717) is 16.5 Å². The lowest BCUT2D eigenvalue weighted by molar-refractivity contribution is 0.0997. The summed E-state index contributed by atoms with van der Waals surface area (Å²) in [5, 5.41) is 3.20. The molecule has 0 radical (unpaired) electrons. The van der Waals surface area contributed by atoms with E-state index in [9.17, 15) is 9.59 Å². The molecule has 3 aromatic rings. The summed E-state index contributed by atoms with van der Waals surface area (Å²) >= 11 is 5.95. The number of carbonyl (C=O) groups excluding carboxylic acids is 2. The summed E-state index contributed by atoms with van der Waals surface area (Å²) in [6, 6.07) is 16.8. The molecular weight excluding hydrogens is 328 g/mol. The maximum atomic E-state index is 12.3. The van der Waals surface area contributed by atoms with Gasteiger partial charge in [-0.1, -0.05) is 35.9 Å². The molecule has 0 spiro atoms. The van der Waals surface area contributed by atoms with Gasteiger partial charge in [-0.05, 0) is 36.4 Å². The average Bonchev–Trinajstić information content (AvgIpc) is 3.05. The van der Waals surface area contributed by atoms with Crippen molar-refractivity contribution in [3.05, 3.63) is 77.0 Å². The first-order valence-electron chi connectivity index (χ1n) is 7.10. The number of para-hydroxylation sites is 1. The largest absolute Gasteiger partial charge is 0.451 e. The summed E-state index contributed by atoms with van der Waals surface area (Å²) in [6.07, 6.45) is 0. The monoisotopic (exact) mass is 340 g/mol. The summed E-state index contributed by atoms with van der Waals surface area (Å²) in [6.45, 7) is 0. The van der Waals surface area contributed by atoms with Gasteiger partial charge in [-0.2, -0.15) is 0 Å². The third-order valence-corrected chi connectivity index (χ3v) is 3.61. The Hall–Kier alpha value is -3.05. The fourth-order valence-electron chi connectivity index (χ4n) is 2.25. The molecule has 0 unspecified atom stereocenters. The first-order valence-corrected chi connectivity index (χ1v) is 7.48. The number of primary amides is 1. The fraction of sp³-hybridized carbons (Fsp3) is 0. The Kier molecular flexibility index (Phi) is 4.35. The van der Waals surface area contributed by atoms with E-state index in [2.05, 4.69) is 5.32 Å². The number of amides is 2. The second kappa shape index (κ2) is 6.60. The molecule has 0 aliphatic rings. The second-order valence-corrected chi connectivity index (χ2v) is 5.47. The van der Waals surface area contributed by atoms with Crippen LogP contribution in [0.2, 0.25) is 5.02 Å². The molecule has 120 valence electrons. The Bertz CT molecular complexity index is 918. The predicted octanol–water partition coefficient (Wildman–Crippen LogP) is 3.95. The number of nitrogens with two attached hydrogens (primary N) is 1. The van der Waals surface area contributed by atoms with Gasteiger partial charge in [0, 0.05) is 10.6 Å². The van der Waals surface area contributed by atoms with Crippen LogP contribution < -0.4 is 11.1 Å². The third kappa shape index (κ3) is 3.31. The van der Waals surface area contributed by atoms with Crippen LogP contribution in [0.3, 0.4) is 0 Å². The van der Waals surface area contributed by atoms with Crippen molar-refractivity contribution >= 4 is 29.1 Å². The van der Waals surface area contributed by atoms with E-state index in [-0.39, 0.29) is 11.3 Å². The molecule has 24 heavy (non-hydrogen) atoms. The van der Waals surface area contributed by atoms with Crippen LogP contribution in [0.1, 0.15) is 20.9 Å². The number of hydrogen-bond acceptors (Lipinski definition) is 3. The standard InChI is InChI=1S/C18H13ClN2O3/c19-12-5-3-4-11(10-12)15-8-9-16(24-15)18(23)21-14-7-2-1-6-13(14)17(20)22/h1-10H,(H2,20,22)(H,21,23). The number of halogens is 1. The maximum absolute atomic E-state index is 12.3. The van der Waals surface area contributed by atoms with E-state index in [1.807, 2.05) is 6.07 Å². The lowest BCUT2D eigenvalue weighted by atomic mass is 10.1. The van der Waals surface area contributed by atoms with Crippen molar-refractivity contribution in [1.29, 1.82) is 0 Å². The smallest absolute Gasteiger partial charge is 0.291 e. The number of carbonyl (C=O) groups is 2. The molecule has 3 rings (SSSR count). The van der Waals surface area contributed by atoms with Crippen LogP contribution in [0.25, 0.3) is 11.3 Å². The molecule has 1 aromatic heterocycles. The molecule has 0 aliphatic carbocycles. The van der Waals surface area contributed by atoms with Crippen molar-refractivity contribution in [2.24, 2.45) is 5.73 Å². The van der Waals surface area contributed by atoms with Crippen molar-refractivity contribution in [2.75, 3.05) is 5.32 Å². The predicted molar refractivity (Wildman–Crippen MR) is 92.1 cm³/mol. The Balaban J connectivity index is 1.83. The van der Waals surface area contributed by atoms with Crippen LogP contribution in [0.15, 0.2) is 65.1 Å². The van der Waals surface area contributed by atoms with Gasteiger partial charge in [0.1, 0.15) is 5.76 Å². The highest BCUT2D eigenvalue weighted by molar-refractivity contribution is 6.30. The van der Waals surface area contributed by atoms with Crippen LogP contribution in [0.4, 0.5) is 5.69 Å². The highest BCUT2D eigenvalue weighted by atomic mass is 35.5. The molecule has 2 amide bonds. The SMILES string of the molecule is NC(=O)c1ccccc1NC(=O)c1ccc(-c2cccc(Cl)c2)o1. The van der Waals surface area contributed by atoms with Gasteiger partial charge < -0.3 is 15.5 Å². The lowest BCUT2D eigenvalue weighted by Crippen LogP contribution is -2.17. The van der Waals surface area contributed by atoms with Crippen molar-refractivity contribution in [3.8, 4) is 11.3 Å². The molecular formula is C18H13ClN2O3. The van der Waals surface area contributed by atoms with Gasteiger partial charge in [0.25, 0.3) is 11.8 Å². The molecule has 3 N–H and O–H groups in total. The normalized spacial score (nSPS) is 10.4. The van der Waals surface area contributed by atoms with Crippen LogP contribution in [-0.2, 0) is 0 Å². The van der Waals surface area contributed by atoms with Gasteiger partial charge in [-0.25, -0.2) is 0 Å². The summed E-state index contributed by atoms with van der Waals surface area (Å²) in [4.78, 5) is 23.7. The lowest BCUT2D eigenvalue weighted by Gasteiger charge is -2.07. The summed E-state index contributed by atoms with van der Waals surface area (Å²) in [5.41, 5.74) is 6.62. The van der Waals surface area contributed by atoms with E-state index in [1.165, 1.54) is 6.07 Å². The van der Waals surface area contributed by atoms with Crippen LogP contribution in [0.5, 0.6) is 0 Å². The Morgan fingerprint density at radius 2 is 1.79 bits per heavy atom. The molecule has 0 bridgehead atoms. The zero-order valence-corrected chi connectivity index (χ0v) is 13.2. The number of hydrogen-bond donors (Lipinski definition) is 2. The molecule has 6 heteroatoms. The van der Waals surface area contributed by atoms with Crippen molar-refractivity contribution < 1.29 is 14.0 Å². The fourth-order valence-corrected chi connectivity index (χ4v) is 2.44. The van der Waals surface area contributed by atoms with Gasteiger partial charge in [-0.3, -0.25) is 9.59 Å². The first kappa shape index (κ1) is 15.8. The van der Waals surface area contributed by atoms with E-state index in [0.717, 1.165) is 5.56 Å². The molecule has 0 aliphatic heterocycles. The van der Waals surface area contributed by atoms with Gasteiger partial charge in [0.05, 0.1) is 11.3 Å². The molecule has 1 heterocycles. The van der Waals surface area contributed by atoms with E-state index >= 15 is 0 Å². The van der Waals surface area contributed by atoms with Crippen LogP contribution in [-0.4, -0.2) is 11.8 Å². The average molecular weight is 341 g/mol. The number of rotatable bonds is 4. The first-order chi connectivity index (χ1) is 11.5. The van der Waals surface area contributed by atoms with Gasteiger partial charge in [0.15, 0.2) is 5.76 Å². The Morgan fingerprint density at radius 3 is 2.54 bits per heavy atom. The Labute approximate surface area is 143 Å². The quantitative estimate of drug-likeness (QED) is 0.754. The van der Waals surface area contributed by atoms with Gasteiger partial charge >= 0.3 is 0 Å². The highest BCUT2D eigenvalue weighted by Crippen LogP contribution is 2.25. The summed E-state index contributed by atoms with van der Waals surface area (Å²) in [5.74, 6) is -0.461. The molecule has 0 saturated carbocycles. The second-order valence-electron chi connectivity index (χ2n) is 5.04. The van der Waals surface area contributed by atoms with E-state index in [4.69, 9.17) is 21.8 Å². The number of furan rings is 1. The van der Waals surface area contributed by atoms with Crippen molar-refractivity contribution in [2.45, 2.75) is 0 Å². The van der Waals surface area contributed by atoms with Crippen LogP contribution >= 0.6 is 11.6 Å². The summed E-state index contributed by atoms with van der Waals surface area (Å²) in [7, 11) is 0. The minimum absolute atomic E-state index is 0.115. The molecule has 0 fully saturated rings. The molecule has 2 aromatic carbocycles. The number of nitrogens with one attached hydrogen (secondary N) is 1. The van der Waals surface area contributed by atoms with Gasteiger partial charge in [-0.15, -0.1) is 0 Å². The molecule has 5 nitrogen and oxygen atoms in total. The molecule has 0 saturated heterocycles.